The molecule has 2 rings (SSSR count). The van der Waals surface area contributed by atoms with Gasteiger partial charge in [-0.1, -0.05) is 39.7 Å². The summed E-state index contributed by atoms with van der Waals surface area (Å²) in [5, 5.41) is 0.426. The maximum atomic E-state index is 13.5. The van der Waals surface area contributed by atoms with E-state index in [2.05, 4.69) is 15.9 Å². The molecular weight excluding hydrogens is 319 g/mol. The Labute approximate surface area is 118 Å². The van der Waals surface area contributed by atoms with Crippen molar-refractivity contribution in [3.05, 3.63) is 68.9 Å². The molecule has 0 radical (unpaired) electrons. The Kier molecular flexibility index (Phi) is 4.15. The first-order chi connectivity index (χ1) is 8.56. The van der Waals surface area contributed by atoms with Crippen LogP contribution in [-0.2, 0) is 6.42 Å². The van der Waals surface area contributed by atoms with E-state index in [1.165, 1.54) is 18.2 Å². The number of hydrogen-bond acceptors (Lipinski definition) is 1. The molecule has 0 spiro atoms. The molecule has 18 heavy (non-hydrogen) atoms. The molecule has 0 aromatic heterocycles. The van der Waals surface area contributed by atoms with Crippen molar-refractivity contribution in [1.29, 1.82) is 0 Å². The zero-order chi connectivity index (χ0) is 13.1. The highest BCUT2D eigenvalue weighted by molar-refractivity contribution is 9.10. The van der Waals surface area contributed by atoms with Crippen molar-refractivity contribution in [3.8, 4) is 0 Å². The SMILES string of the molecule is O=C(Cc1cc(Cl)ccc1F)c1ccc(Br)cc1. The first kappa shape index (κ1) is 13.2. The van der Waals surface area contributed by atoms with E-state index in [1.54, 1.807) is 24.3 Å². The molecule has 92 valence electrons. The molecule has 0 atom stereocenters. The maximum absolute atomic E-state index is 13.5. The lowest BCUT2D eigenvalue weighted by Crippen LogP contribution is -2.05. The van der Waals surface area contributed by atoms with Crippen LogP contribution in [0.4, 0.5) is 4.39 Å². The second-order valence-electron chi connectivity index (χ2n) is 3.84. The third kappa shape index (κ3) is 3.18. The minimum Gasteiger partial charge on any atom is -0.294 e. The Morgan fingerprint density at radius 2 is 1.83 bits per heavy atom. The monoisotopic (exact) mass is 326 g/mol. The molecule has 2 aromatic rings. The van der Waals surface area contributed by atoms with Gasteiger partial charge in [0.1, 0.15) is 5.82 Å². The summed E-state index contributed by atoms with van der Waals surface area (Å²) in [6.45, 7) is 0. The van der Waals surface area contributed by atoms with Crippen molar-refractivity contribution in [2.24, 2.45) is 0 Å². The van der Waals surface area contributed by atoms with E-state index in [0.717, 1.165) is 4.47 Å². The van der Waals surface area contributed by atoms with Crippen LogP contribution in [0.15, 0.2) is 46.9 Å². The van der Waals surface area contributed by atoms with Crippen molar-refractivity contribution < 1.29 is 9.18 Å². The molecule has 0 aliphatic heterocycles. The van der Waals surface area contributed by atoms with Crippen LogP contribution >= 0.6 is 27.5 Å². The molecule has 0 saturated heterocycles. The van der Waals surface area contributed by atoms with Crippen molar-refractivity contribution in [3.63, 3.8) is 0 Å². The van der Waals surface area contributed by atoms with Gasteiger partial charge >= 0.3 is 0 Å². The van der Waals surface area contributed by atoms with Gasteiger partial charge in [0, 0.05) is 21.5 Å². The van der Waals surface area contributed by atoms with Crippen molar-refractivity contribution in [2.45, 2.75) is 6.42 Å². The average Bonchev–Trinajstić information content (AvgIpc) is 2.34. The van der Waals surface area contributed by atoms with Crippen molar-refractivity contribution in [1.82, 2.24) is 0 Å². The van der Waals surface area contributed by atoms with Gasteiger partial charge in [-0.2, -0.15) is 0 Å². The minimum absolute atomic E-state index is 0.00796. The van der Waals surface area contributed by atoms with E-state index in [0.29, 0.717) is 16.1 Å². The third-order valence-electron chi connectivity index (χ3n) is 2.52. The molecule has 1 nitrogen and oxygen atoms in total. The predicted octanol–water partition coefficient (Wildman–Crippen LogP) is 4.67. The van der Waals surface area contributed by atoms with Gasteiger partial charge in [0.25, 0.3) is 0 Å². The first-order valence-corrected chi connectivity index (χ1v) is 6.46. The molecule has 0 unspecified atom stereocenters. The standard InChI is InChI=1S/C14H9BrClFO/c15-11-3-1-9(2-4-11)14(18)8-10-7-12(16)5-6-13(10)17/h1-7H,8H2. The van der Waals surface area contributed by atoms with Crippen LogP contribution in [0, 0.1) is 5.82 Å². The predicted molar refractivity (Wildman–Crippen MR) is 73.6 cm³/mol. The Bertz CT molecular complexity index is 581. The van der Waals surface area contributed by atoms with Gasteiger partial charge in [-0.15, -0.1) is 0 Å². The number of carbonyl (C=O) groups excluding carboxylic acids is 1. The minimum atomic E-state index is -0.412. The summed E-state index contributed by atoms with van der Waals surface area (Å²) in [7, 11) is 0. The van der Waals surface area contributed by atoms with E-state index in [4.69, 9.17) is 11.6 Å². The summed E-state index contributed by atoms with van der Waals surface area (Å²) in [6, 6.07) is 11.2. The topological polar surface area (TPSA) is 17.1 Å². The van der Waals surface area contributed by atoms with E-state index >= 15 is 0 Å². The molecule has 0 fully saturated rings. The second kappa shape index (κ2) is 5.63. The second-order valence-corrected chi connectivity index (χ2v) is 5.19. The fourth-order valence-electron chi connectivity index (χ4n) is 1.59. The van der Waals surface area contributed by atoms with Crippen LogP contribution in [-0.4, -0.2) is 5.78 Å². The summed E-state index contributed by atoms with van der Waals surface area (Å²) in [5.41, 5.74) is 0.869. The van der Waals surface area contributed by atoms with Crippen LogP contribution in [0.1, 0.15) is 15.9 Å². The zero-order valence-electron chi connectivity index (χ0n) is 9.29. The van der Waals surface area contributed by atoms with Crippen LogP contribution in [0.25, 0.3) is 0 Å². The molecule has 0 saturated carbocycles. The van der Waals surface area contributed by atoms with Gasteiger partial charge in [0.2, 0.25) is 0 Å². The fourth-order valence-corrected chi connectivity index (χ4v) is 2.05. The molecule has 0 amide bonds. The fraction of sp³-hybridized carbons (Fsp3) is 0.0714. The van der Waals surface area contributed by atoms with E-state index in [1.807, 2.05) is 0 Å². The summed E-state index contributed by atoms with van der Waals surface area (Å²) in [4.78, 5) is 12.0. The summed E-state index contributed by atoms with van der Waals surface area (Å²) >= 11 is 9.08. The highest BCUT2D eigenvalue weighted by atomic mass is 79.9. The number of Topliss-reactive ketones (excluding diaryl/α,β-unsaturated/α-hetero) is 1. The van der Waals surface area contributed by atoms with Gasteiger partial charge in [-0.05, 0) is 35.9 Å². The Balaban J connectivity index is 2.21. The number of rotatable bonds is 3. The van der Waals surface area contributed by atoms with Gasteiger partial charge in [0.15, 0.2) is 5.78 Å². The van der Waals surface area contributed by atoms with Crippen molar-refractivity contribution in [2.75, 3.05) is 0 Å². The third-order valence-corrected chi connectivity index (χ3v) is 3.29. The number of halogens is 3. The van der Waals surface area contributed by atoms with Gasteiger partial charge in [0.05, 0.1) is 0 Å². The number of ketones is 1. The quantitative estimate of drug-likeness (QED) is 0.749. The van der Waals surface area contributed by atoms with E-state index in [-0.39, 0.29) is 12.2 Å². The average molecular weight is 328 g/mol. The van der Waals surface area contributed by atoms with E-state index < -0.39 is 5.82 Å². The molecule has 4 heteroatoms. The Morgan fingerprint density at radius 1 is 1.17 bits per heavy atom. The Morgan fingerprint density at radius 3 is 2.50 bits per heavy atom. The van der Waals surface area contributed by atoms with Crippen LogP contribution in [0.2, 0.25) is 5.02 Å². The van der Waals surface area contributed by atoms with Crippen molar-refractivity contribution >= 4 is 33.3 Å². The summed E-state index contributed by atoms with van der Waals surface area (Å²) < 4.78 is 14.4. The highest BCUT2D eigenvalue weighted by Gasteiger charge is 2.11. The lowest BCUT2D eigenvalue weighted by molar-refractivity contribution is 0.0992. The molecule has 0 bridgehead atoms. The number of benzene rings is 2. The first-order valence-electron chi connectivity index (χ1n) is 5.29. The zero-order valence-corrected chi connectivity index (χ0v) is 11.6. The number of hydrogen-bond donors (Lipinski definition) is 0. The summed E-state index contributed by atoms with van der Waals surface area (Å²) in [6.07, 6.45) is 0.00796. The van der Waals surface area contributed by atoms with Crippen LogP contribution in [0.5, 0.6) is 0 Å². The molecule has 2 aromatic carbocycles. The normalized spacial score (nSPS) is 10.4. The number of carbonyl (C=O) groups is 1. The van der Waals surface area contributed by atoms with Gasteiger partial charge in [-0.3, -0.25) is 4.79 Å². The Hall–Kier alpha value is -1.19. The highest BCUT2D eigenvalue weighted by Crippen LogP contribution is 2.18. The molecular formula is C14H9BrClFO. The van der Waals surface area contributed by atoms with Gasteiger partial charge in [-0.25, -0.2) is 4.39 Å². The van der Waals surface area contributed by atoms with Crippen LogP contribution in [0.3, 0.4) is 0 Å². The van der Waals surface area contributed by atoms with Gasteiger partial charge < -0.3 is 0 Å². The van der Waals surface area contributed by atoms with E-state index in [9.17, 15) is 9.18 Å². The van der Waals surface area contributed by atoms with Crippen LogP contribution < -0.4 is 0 Å². The molecule has 0 aliphatic carbocycles. The molecule has 0 N–H and O–H groups in total. The lowest BCUT2D eigenvalue weighted by Gasteiger charge is -2.04. The largest absolute Gasteiger partial charge is 0.294 e. The maximum Gasteiger partial charge on any atom is 0.167 e. The molecule has 0 aliphatic rings. The lowest BCUT2D eigenvalue weighted by atomic mass is 10.0. The smallest absolute Gasteiger partial charge is 0.167 e. The summed E-state index contributed by atoms with van der Waals surface area (Å²) in [5.74, 6) is -0.548. The molecule has 0 heterocycles.